The zero-order chi connectivity index (χ0) is 17.4. The van der Waals surface area contributed by atoms with E-state index in [0.717, 1.165) is 22.4 Å². The minimum absolute atomic E-state index is 0.224. The molecule has 0 saturated heterocycles. The van der Waals surface area contributed by atoms with Crippen LogP contribution in [0, 0.1) is 6.92 Å². The summed E-state index contributed by atoms with van der Waals surface area (Å²) in [5.41, 5.74) is 4.03. The molecule has 124 valence electrons. The fourth-order valence-corrected chi connectivity index (χ4v) is 2.89. The first-order chi connectivity index (χ1) is 12.1. The van der Waals surface area contributed by atoms with Crippen LogP contribution in [0.1, 0.15) is 16.1 Å². The summed E-state index contributed by atoms with van der Waals surface area (Å²) in [6.07, 6.45) is 1.58. The molecule has 4 rings (SSSR count). The molecule has 0 aliphatic rings. The molecule has 0 spiro atoms. The predicted octanol–water partition coefficient (Wildman–Crippen LogP) is 3.32. The normalized spacial score (nSPS) is 11.0. The van der Waals surface area contributed by atoms with Crippen LogP contribution in [0.25, 0.3) is 16.7 Å². The summed E-state index contributed by atoms with van der Waals surface area (Å²) in [5.74, 6) is 0.288. The van der Waals surface area contributed by atoms with Crippen molar-refractivity contribution in [2.24, 2.45) is 7.05 Å². The number of aromatic nitrogens is 4. The highest BCUT2D eigenvalue weighted by molar-refractivity contribution is 6.04. The van der Waals surface area contributed by atoms with Crippen LogP contribution < -0.4 is 5.32 Å². The lowest BCUT2D eigenvalue weighted by Crippen LogP contribution is -2.16. The lowest BCUT2D eigenvalue weighted by atomic mass is 10.2. The highest BCUT2D eigenvalue weighted by Crippen LogP contribution is 2.19. The number of nitrogens with zero attached hydrogens (tertiary/aromatic N) is 4. The van der Waals surface area contributed by atoms with Gasteiger partial charge in [0, 0.05) is 7.05 Å². The highest BCUT2D eigenvalue weighted by atomic mass is 16.1. The number of hydrogen-bond acceptors (Lipinski definition) is 3. The van der Waals surface area contributed by atoms with Crippen LogP contribution in [0.5, 0.6) is 0 Å². The summed E-state index contributed by atoms with van der Waals surface area (Å²) in [4.78, 5) is 17.2. The molecule has 1 amide bonds. The third-order valence-electron chi connectivity index (χ3n) is 4.27. The zero-order valence-corrected chi connectivity index (χ0v) is 14.0. The molecule has 0 unspecified atom stereocenters. The first-order valence-corrected chi connectivity index (χ1v) is 7.98. The van der Waals surface area contributed by atoms with Crippen molar-refractivity contribution >= 4 is 22.9 Å². The number of carbonyl (C=O) groups excluding carboxylic acids is 1. The van der Waals surface area contributed by atoms with Crippen LogP contribution >= 0.6 is 0 Å². The first kappa shape index (κ1) is 15.1. The van der Waals surface area contributed by atoms with Crippen molar-refractivity contribution in [3.63, 3.8) is 0 Å². The smallest absolute Gasteiger partial charge is 0.261 e. The Hall–Kier alpha value is -3.41. The van der Waals surface area contributed by atoms with Gasteiger partial charge in [-0.1, -0.05) is 30.3 Å². The van der Waals surface area contributed by atoms with Gasteiger partial charge in [0.05, 0.1) is 34.2 Å². The summed E-state index contributed by atoms with van der Waals surface area (Å²) in [6.45, 7) is 1.88. The van der Waals surface area contributed by atoms with Crippen LogP contribution in [0.4, 0.5) is 5.95 Å². The van der Waals surface area contributed by atoms with Crippen LogP contribution in [0.15, 0.2) is 60.8 Å². The van der Waals surface area contributed by atoms with Gasteiger partial charge < -0.3 is 4.57 Å². The summed E-state index contributed by atoms with van der Waals surface area (Å²) in [5, 5.41) is 7.22. The van der Waals surface area contributed by atoms with E-state index in [-0.39, 0.29) is 5.91 Å². The number of para-hydroxylation sites is 3. The van der Waals surface area contributed by atoms with Crippen molar-refractivity contribution in [1.29, 1.82) is 0 Å². The summed E-state index contributed by atoms with van der Waals surface area (Å²) < 4.78 is 3.62. The molecule has 2 aromatic heterocycles. The largest absolute Gasteiger partial charge is 0.313 e. The molecule has 6 heteroatoms. The Morgan fingerprint density at radius 3 is 2.52 bits per heavy atom. The van der Waals surface area contributed by atoms with Crippen molar-refractivity contribution in [2.75, 3.05) is 5.32 Å². The van der Waals surface area contributed by atoms with Crippen LogP contribution in [-0.2, 0) is 7.05 Å². The van der Waals surface area contributed by atoms with E-state index in [4.69, 9.17) is 0 Å². The number of fused-ring (bicyclic) bond motifs is 1. The molecule has 0 atom stereocenters. The van der Waals surface area contributed by atoms with E-state index in [2.05, 4.69) is 15.4 Å². The lowest BCUT2D eigenvalue weighted by Gasteiger charge is -2.06. The number of aryl methyl sites for hydroxylation is 1. The Bertz CT molecular complexity index is 1060. The predicted molar refractivity (Wildman–Crippen MR) is 97.0 cm³/mol. The summed E-state index contributed by atoms with van der Waals surface area (Å²) in [7, 11) is 1.88. The zero-order valence-electron chi connectivity index (χ0n) is 14.0. The van der Waals surface area contributed by atoms with Gasteiger partial charge in [-0.2, -0.15) is 5.10 Å². The molecule has 2 heterocycles. The van der Waals surface area contributed by atoms with Gasteiger partial charge in [0.25, 0.3) is 5.91 Å². The molecule has 0 aliphatic carbocycles. The Labute approximate surface area is 144 Å². The molecule has 0 saturated carbocycles. The number of anilines is 1. The monoisotopic (exact) mass is 331 g/mol. The van der Waals surface area contributed by atoms with Gasteiger partial charge in [-0.15, -0.1) is 0 Å². The van der Waals surface area contributed by atoms with Crippen LogP contribution in [0.2, 0.25) is 0 Å². The van der Waals surface area contributed by atoms with E-state index in [1.165, 1.54) is 0 Å². The second kappa shape index (κ2) is 5.90. The SMILES string of the molecule is Cc1c(C(=O)Nc2nc3ccccc3n2C)cnn1-c1ccccc1. The third kappa shape index (κ3) is 2.57. The average Bonchev–Trinajstić information content (AvgIpc) is 3.17. The van der Waals surface area contributed by atoms with Crippen LogP contribution in [-0.4, -0.2) is 25.2 Å². The number of imidazole rings is 1. The number of carbonyl (C=O) groups is 1. The number of nitrogens with one attached hydrogen (secondary N) is 1. The van der Waals surface area contributed by atoms with E-state index in [1.54, 1.807) is 10.9 Å². The van der Waals surface area contributed by atoms with Gasteiger partial charge >= 0.3 is 0 Å². The molecule has 25 heavy (non-hydrogen) atoms. The number of hydrogen-bond donors (Lipinski definition) is 1. The lowest BCUT2D eigenvalue weighted by molar-refractivity contribution is 0.102. The topological polar surface area (TPSA) is 64.7 Å². The maximum atomic E-state index is 12.7. The second-order valence-corrected chi connectivity index (χ2v) is 5.83. The number of amides is 1. The Morgan fingerprint density at radius 1 is 1.04 bits per heavy atom. The number of rotatable bonds is 3. The van der Waals surface area contributed by atoms with Crippen molar-refractivity contribution in [2.45, 2.75) is 6.92 Å². The fraction of sp³-hybridized carbons (Fsp3) is 0.105. The molecule has 4 aromatic rings. The molecular formula is C19H17N5O. The van der Waals surface area contributed by atoms with Gasteiger partial charge in [-0.05, 0) is 31.2 Å². The maximum absolute atomic E-state index is 12.7. The minimum atomic E-state index is -0.224. The molecule has 6 nitrogen and oxygen atoms in total. The molecule has 1 N–H and O–H groups in total. The maximum Gasteiger partial charge on any atom is 0.261 e. The molecule has 0 fully saturated rings. The quantitative estimate of drug-likeness (QED) is 0.626. The highest BCUT2D eigenvalue weighted by Gasteiger charge is 2.17. The molecular weight excluding hydrogens is 314 g/mol. The second-order valence-electron chi connectivity index (χ2n) is 5.83. The Balaban J connectivity index is 1.65. The van der Waals surface area contributed by atoms with E-state index in [9.17, 15) is 4.79 Å². The standard InChI is InChI=1S/C19H17N5O/c1-13-15(12-20-24(13)14-8-4-3-5-9-14)18(25)22-19-21-16-10-6-7-11-17(16)23(19)2/h3-12H,1-2H3,(H,21,22,25). The van der Waals surface area contributed by atoms with Crippen molar-refractivity contribution < 1.29 is 4.79 Å². The Kier molecular flexibility index (Phi) is 3.57. The fourth-order valence-electron chi connectivity index (χ4n) is 2.89. The van der Waals surface area contributed by atoms with Gasteiger partial charge in [-0.25, -0.2) is 9.67 Å². The third-order valence-corrected chi connectivity index (χ3v) is 4.27. The minimum Gasteiger partial charge on any atom is -0.313 e. The summed E-state index contributed by atoms with van der Waals surface area (Å²) >= 11 is 0. The molecule has 0 radical (unpaired) electrons. The Morgan fingerprint density at radius 2 is 1.76 bits per heavy atom. The van der Waals surface area contributed by atoms with Gasteiger partial charge in [0.1, 0.15) is 0 Å². The van der Waals surface area contributed by atoms with Gasteiger partial charge in [-0.3, -0.25) is 10.1 Å². The molecule has 2 aromatic carbocycles. The van der Waals surface area contributed by atoms with Gasteiger partial charge in [0.2, 0.25) is 5.95 Å². The summed E-state index contributed by atoms with van der Waals surface area (Å²) in [6, 6.07) is 17.5. The van der Waals surface area contributed by atoms with Crippen molar-refractivity contribution in [3.05, 3.63) is 72.1 Å². The molecule has 0 aliphatic heterocycles. The first-order valence-electron chi connectivity index (χ1n) is 7.98. The van der Waals surface area contributed by atoms with Crippen molar-refractivity contribution in [3.8, 4) is 5.69 Å². The van der Waals surface area contributed by atoms with E-state index in [0.29, 0.717) is 11.5 Å². The van der Waals surface area contributed by atoms with E-state index >= 15 is 0 Å². The van der Waals surface area contributed by atoms with Gasteiger partial charge in [0.15, 0.2) is 0 Å². The molecule has 0 bridgehead atoms. The van der Waals surface area contributed by atoms with E-state index < -0.39 is 0 Å². The van der Waals surface area contributed by atoms with Crippen LogP contribution in [0.3, 0.4) is 0 Å². The van der Waals surface area contributed by atoms with Crippen molar-refractivity contribution in [1.82, 2.24) is 19.3 Å². The number of benzene rings is 2. The average molecular weight is 331 g/mol. The van der Waals surface area contributed by atoms with E-state index in [1.807, 2.05) is 73.1 Å².